The lowest BCUT2D eigenvalue weighted by Crippen LogP contribution is -2.33. The molecule has 2 aliphatic rings. The van der Waals surface area contributed by atoms with Gasteiger partial charge in [-0.2, -0.15) is 0 Å². The van der Waals surface area contributed by atoms with Crippen molar-refractivity contribution in [2.45, 2.75) is 52.7 Å². The zero-order chi connectivity index (χ0) is 22.1. The number of rotatable bonds is 2. The first kappa shape index (κ1) is 23.8. The maximum absolute atomic E-state index is 11.7. The summed E-state index contributed by atoms with van der Waals surface area (Å²) < 4.78 is 10.1. The predicted molar refractivity (Wildman–Crippen MR) is 114 cm³/mol. The van der Waals surface area contributed by atoms with E-state index in [1.165, 1.54) is 0 Å². The second-order valence-corrected chi connectivity index (χ2v) is 7.72. The third kappa shape index (κ3) is 4.66. The second-order valence-electron chi connectivity index (χ2n) is 7.72. The lowest BCUT2D eigenvalue weighted by molar-refractivity contribution is -0.151. The van der Waals surface area contributed by atoms with Gasteiger partial charge in [-0.15, -0.1) is 0 Å². The van der Waals surface area contributed by atoms with Crippen LogP contribution in [0.5, 0.6) is 0 Å². The van der Waals surface area contributed by atoms with Gasteiger partial charge in [0.25, 0.3) is 5.91 Å². The molecule has 0 spiro atoms. The molecule has 2 atom stereocenters. The van der Waals surface area contributed by atoms with E-state index in [1.54, 1.807) is 19.9 Å². The molecule has 31 heavy (non-hydrogen) atoms. The Morgan fingerprint density at radius 1 is 0.806 bits per heavy atom. The molecule has 4 rings (SSSR count). The van der Waals surface area contributed by atoms with E-state index in [9.17, 15) is 19.2 Å². The maximum atomic E-state index is 11.7. The maximum Gasteiger partial charge on any atom is 0.415 e. The summed E-state index contributed by atoms with van der Waals surface area (Å²) in [5.74, 6) is -1.03. The molecule has 7 heteroatoms. The van der Waals surface area contributed by atoms with Gasteiger partial charge in [0.15, 0.2) is 11.4 Å². The summed E-state index contributed by atoms with van der Waals surface area (Å²) in [6.45, 7) is 7.09. The van der Waals surface area contributed by atoms with Crippen LogP contribution in [0.3, 0.4) is 0 Å². The first-order valence-electron chi connectivity index (χ1n) is 9.48. The van der Waals surface area contributed by atoms with Gasteiger partial charge in [0.05, 0.1) is 0 Å². The summed E-state index contributed by atoms with van der Waals surface area (Å²) in [5.41, 5.74) is 1.23. The van der Waals surface area contributed by atoms with Crippen molar-refractivity contribution in [2.75, 3.05) is 0 Å². The van der Waals surface area contributed by atoms with Gasteiger partial charge in [-0.3, -0.25) is 19.7 Å². The molecule has 2 fully saturated rings. The highest BCUT2D eigenvalue weighted by molar-refractivity contribution is 6.06. The van der Waals surface area contributed by atoms with Crippen molar-refractivity contribution in [3.8, 4) is 0 Å². The van der Waals surface area contributed by atoms with Crippen LogP contribution in [0.1, 0.15) is 49.9 Å². The number of alkyl carbamates (subject to hydrolysis) is 1. The zero-order valence-corrected chi connectivity index (χ0v) is 17.3. The Morgan fingerprint density at radius 3 is 1.71 bits per heavy atom. The largest absolute Gasteiger partial charge is 0.446 e. The molecule has 0 aliphatic carbocycles. The lowest BCUT2D eigenvalue weighted by atomic mass is 9.91. The zero-order valence-electron chi connectivity index (χ0n) is 17.3. The van der Waals surface area contributed by atoms with Crippen molar-refractivity contribution < 1.29 is 28.7 Å². The molecular weight excluding hydrogens is 398 g/mol. The predicted octanol–water partition coefficient (Wildman–Crippen LogP) is 3.84. The van der Waals surface area contributed by atoms with Crippen LogP contribution < -0.4 is 5.32 Å². The number of amides is 2. The van der Waals surface area contributed by atoms with Gasteiger partial charge in [-0.05, 0) is 27.7 Å². The molecule has 0 bridgehead atoms. The van der Waals surface area contributed by atoms with Gasteiger partial charge < -0.3 is 9.47 Å². The van der Waals surface area contributed by atoms with Crippen molar-refractivity contribution in [1.29, 1.82) is 0 Å². The van der Waals surface area contributed by atoms with E-state index in [0.717, 1.165) is 16.7 Å². The molecule has 2 aromatic carbocycles. The highest BCUT2D eigenvalue weighted by Crippen LogP contribution is 2.33. The molecule has 2 saturated heterocycles. The number of ether oxygens (including phenoxy) is 2. The molecule has 2 aromatic rings. The number of carbonyl (C=O) groups is 4. The summed E-state index contributed by atoms with van der Waals surface area (Å²) in [6, 6.07) is 14.8. The first-order chi connectivity index (χ1) is 14.0. The Morgan fingerprint density at radius 2 is 1.32 bits per heavy atom. The SMILES string of the molecule is C.Cc1cccc([C@@]2(C)OC(=O)CC2=O)c1.Cc1cccc([C@@]2(C)OC(=O)NC2=O)c1. The Labute approximate surface area is 181 Å². The van der Waals surface area contributed by atoms with Crippen LogP contribution in [0.4, 0.5) is 4.79 Å². The van der Waals surface area contributed by atoms with Crippen LogP contribution in [0, 0.1) is 13.8 Å². The number of esters is 1. The molecule has 0 unspecified atom stereocenters. The molecule has 1 N–H and O–H groups in total. The molecule has 0 saturated carbocycles. The number of hydrogen-bond acceptors (Lipinski definition) is 6. The van der Waals surface area contributed by atoms with Crippen molar-refractivity contribution >= 4 is 23.8 Å². The summed E-state index contributed by atoms with van der Waals surface area (Å²) >= 11 is 0. The van der Waals surface area contributed by atoms with Crippen molar-refractivity contribution in [3.05, 3.63) is 70.8 Å². The van der Waals surface area contributed by atoms with Gasteiger partial charge in [0.2, 0.25) is 5.60 Å². The first-order valence-corrected chi connectivity index (χ1v) is 9.48. The number of nitrogens with one attached hydrogen (secondary N) is 1. The smallest absolute Gasteiger partial charge is 0.415 e. The van der Waals surface area contributed by atoms with Gasteiger partial charge in [0, 0.05) is 11.1 Å². The number of aryl methyl sites for hydroxylation is 2. The van der Waals surface area contributed by atoms with Crippen LogP contribution in [0.15, 0.2) is 48.5 Å². The molecule has 2 aliphatic heterocycles. The van der Waals surface area contributed by atoms with Crippen molar-refractivity contribution in [2.24, 2.45) is 0 Å². The molecule has 0 radical (unpaired) electrons. The Kier molecular flexibility index (Phi) is 6.69. The molecule has 164 valence electrons. The Bertz CT molecular complexity index is 962. The van der Waals surface area contributed by atoms with Crippen molar-refractivity contribution in [1.82, 2.24) is 5.32 Å². The van der Waals surface area contributed by atoms with Gasteiger partial charge in [-0.25, -0.2) is 4.79 Å². The molecule has 7 nitrogen and oxygen atoms in total. The highest BCUT2D eigenvalue weighted by atomic mass is 16.6. The van der Waals surface area contributed by atoms with Crippen LogP contribution in [0.2, 0.25) is 0 Å². The minimum Gasteiger partial charge on any atom is -0.446 e. The van der Waals surface area contributed by atoms with Gasteiger partial charge in [-0.1, -0.05) is 67.1 Å². The molecule has 2 heterocycles. The third-order valence-corrected chi connectivity index (χ3v) is 5.24. The normalized spacial score (nSPS) is 24.4. The monoisotopic (exact) mass is 425 g/mol. The Balaban J connectivity index is 0.000000213. The van der Waals surface area contributed by atoms with E-state index in [4.69, 9.17) is 9.47 Å². The number of ketones is 1. The van der Waals surface area contributed by atoms with E-state index in [-0.39, 0.29) is 19.6 Å². The quantitative estimate of drug-likeness (QED) is 0.580. The van der Waals surface area contributed by atoms with Crippen molar-refractivity contribution in [3.63, 3.8) is 0 Å². The minimum atomic E-state index is -1.19. The number of cyclic esters (lactones) is 2. The second kappa shape index (κ2) is 8.71. The number of benzene rings is 2. The Hall–Kier alpha value is -3.48. The van der Waals surface area contributed by atoms with Gasteiger partial charge >= 0.3 is 12.1 Å². The number of carbonyl (C=O) groups excluding carboxylic acids is 4. The van der Waals surface area contributed by atoms with Crippen LogP contribution in [-0.4, -0.2) is 23.8 Å². The van der Waals surface area contributed by atoms with Crippen LogP contribution in [-0.2, 0) is 35.1 Å². The van der Waals surface area contributed by atoms with Crippen LogP contribution in [0.25, 0.3) is 0 Å². The highest BCUT2D eigenvalue weighted by Gasteiger charge is 2.46. The average Bonchev–Trinajstić information content (AvgIpc) is 3.10. The lowest BCUT2D eigenvalue weighted by Gasteiger charge is -2.21. The van der Waals surface area contributed by atoms with Gasteiger partial charge in [0.1, 0.15) is 6.42 Å². The fourth-order valence-corrected chi connectivity index (χ4v) is 3.38. The van der Waals surface area contributed by atoms with E-state index in [1.807, 2.05) is 56.3 Å². The van der Waals surface area contributed by atoms with E-state index in [2.05, 4.69) is 5.32 Å². The fourth-order valence-electron chi connectivity index (χ4n) is 3.38. The third-order valence-electron chi connectivity index (χ3n) is 5.24. The topological polar surface area (TPSA) is 98.8 Å². The summed E-state index contributed by atoms with van der Waals surface area (Å²) in [6.07, 6.45) is -0.811. The molecular formula is C24H27NO6. The molecule has 2 amide bonds. The minimum absolute atomic E-state index is 0. The number of Topliss-reactive ketones (excluding diaryl/α,β-unsaturated/α-hetero) is 1. The van der Waals surface area contributed by atoms with E-state index < -0.39 is 29.2 Å². The average molecular weight is 425 g/mol. The number of imide groups is 1. The van der Waals surface area contributed by atoms with Crippen LogP contribution >= 0.6 is 0 Å². The summed E-state index contributed by atoms with van der Waals surface area (Å²) in [5, 5.41) is 2.13. The standard InChI is InChI=1S/C12H12O3.C11H11NO3.CH4/c1-8-4-3-5-9(6-8)12(2)10(13)7-11(14)15-12;1-7-4-3-5-8(6-7)11(2)9(13)12-10(14)15-11;/h3-6H,7H2,1-2H3;3-6H,1-2H3,(H,12,13,14);1H4/t12-;11-;/m11./s1. The summed E-state index contributed by atoms with van der Waals surface area (Å²) in [7, 11) is 0. The molecule has 0 aromatic heterocycles. The number of hydrogen-bond donors (Lipinski definition) is 1. The fraction of sp³-hybridized carbons (Fsp3) is 0.333. The summed E-state index contributed by atoms with van der Waals surface area (Å²) in [4.78, 5) is 45.3. The van der Waals surface area contributed by atoms with E-state index in [0.29, 0.717) is 5.56 Å². The van der Waals surface area contributed by atoms with E-state index >= 15 is 0 Å².